The van der Waals surface area contributed by atoms with Gasteiger partial charge in [0.15, 0.2) is 0 Å². The maximum atomic E-state index is 13.8. The van der Waals surface area contributed by atoms with E-state index in [2.05, 4.69) is 27.6 Å². The van der Waals surface area contributed by atoms with Crippen LogP contribution in [0.15, 0.2) is 64.1 Å². The molecule has 1 aliphatic heterocycles. The van der Waals surface area contributed by atoms with Crippen molar-refractivity contribution in [3.8, 4) is 17.1 Å². The number of halogens is 1. The van der Waals surface area contributed by atoms with Crippen molar-refractivity contribution in [1.82, 2.24) is 4.98 Å². The van der Waals surface area contributed by atoms with E-state index in [1.54, 1.807) is 55.7 Å². The van der Waals surface area contributed by atoms with Crippen LogP contribution in [0.5, 0.6) is 5.75 Å². The molecule has 1 N–H and O–H groups in total. The SMILES string of the molecule is CC(=O)OC[C@@]1(C)[C@@H]2C[C@H](OC(=O)c3cccc(I)c3)[C@@]3(C)Oc4cc(-c5cccnc5)oc(=O)c4[C@H](O)[C@@H]3[C@@]2(C)CC[C@@H]1OC(C)=O. The van der Waals surface area contributed by atoms with Gasteiger partial charge in [0.25, 0.3) is 0 Å². The Morgan fingerprint density at radius 1 is 1.04 bits per heavy atom. The van der Waals surface area contributed by atoms with Gasteiger partial charge in [-0.2, -0.15) is 0 Å². The van der Waals surface area contributed by atoms with E-state index in [0.717, 1.165) is 3.57 Å². The van der Waals surface area contributed by atoms with Crippen molar-refractivity contribution < 1.29 is 42.9 Å². The number of esters is 3. The highest BCUT2D eigenvalue weighted by Gasteiger charge is 2.71. The third kappa shape index (κ3) is 5.80. The van der Waals surface area contributed by atoms with Gasteiger partial charge >= 0.3 is 23.5 Å². The lowest BCUT2D eigenvalue weighted by Crippen LogP contribution is -2.71. The standard InChI is InChI=1S/C36H38INO10/c1-19(39)44-18-35(4)26-16-28(47-32(42)21-8-6-10-23(37)14-21)36(5)31(34(26,3)12-11-27(35)45-20(2)40)30(41)29-25(48-36)15-24(46-33(29)43)22-9-7-13-38-17-22/h6-10,13-15,17,26-28,30-31,41H,11-12,16,18H2,1-5H3/t26-,27+,28+,30+,31-,34+,35+,36-/m1/s1. The van der Waals surface area contributed by atoms with E-state index in [9.17, 15) is 24.3 Å². The number of rotatable bonds is 6. The molecule has 0 bridgehead atoms. The number of nitrogens with zero attached hydrogens (tertiary/aromatic N) is 1. The Kier molecular flexibility index (Phi) is 8.94. The predicted molar refractivity (Wildman–Crippen MR) is 180 cm³/mol. The summed E-state index contributed by atoms with van der Waals surface area (Å²) in [6, 6.07) is 12.0. The maximum Gasteiger partial charge on any atom is 0.345 e. The van der Waals surface area contributed by atoms with Crippen LogP contribution in [-0.4, -0.2) is 52.4 Å². The van der Waals surface area contributed by atoms with Gasteiger partial charge in [-0.05, 0) is 90.4 Å². The molecule has 0 amide bonds. The summed E-state index contributed by atoms with van der Waals surface area (Å²) in [6.07, 6.45) is 1.29. The fourth-order valence-electron chi connectivity index (χ4n) is 8.65. The summed E-state index contributed by atoms with van der Waals surface area (Å²) in [5, 5.41) is 12.3. The Bertz CT molecular complexity index is 1810. The zero-order valence-corrected chi connectivity index (χ0v) is 29.5. The van der Waals surface area contributed by atoms with Crippen molar-refractivity contribution in [2.45, 2.75) is 77.8 Å². The lowest BCUT2D eigenvalue weighted by atomic mass is 9.42. The molecule has 2 aromatic heterocycles. The molecule has 12 heteroatoms. The van der Waals surface area contributed by atoms with Gasteiger partial charge in [-0.1, -0.05) is 19.9 Å². The van der Waals surface area contributed by atoms with E-state index in [0.29, 0.717) is 24.0 Å². The first kappa shape index (κ1) is 34.1. The average Bonchev–Trinajstić information content (AvgIpc) is 3.02. The van der Waals surface area contributed by atoms with Crippen LogP contribution in [0.3, 0.4) is 0 Å². The number of hydrogen-bond donors (Lipinski definition) is 1. The Hall–Kier alpha value is -3.78. The molecular weight excluding hydrogens is 733 g/mol. The van der Waals surface area contributed by atoms with Crippen molar-refractivity contribution >= 4 is 40.5 Å². The van der Waals surface area contributed by atoms with E-state index in [1.165, 1.54) is 13.8 Å². The molecule has 0 spiro atoms. The minimum Gasteiger partial charge on any atom is -0.482 e. The van der Waals surface area contributed by atoms with Gasteiger partial charge in [-0.3, -0.25) is 14.6 Å². The quantitative estimate of drug-likeness (QED) is 0.188. The second-order valence-corrected chi connectivity index (χ2v) is 15.0. The van der Waals surface area contributed by atoms with Gasteiger partial charge < -0.3 is 28.5 Å². The molecule has 2 aliphatic carbocycles. The summed E-state index contributed by atoms with van der Waals surface area (Å²) in [5.41, 5.74) is -2.95. The lowest BCUT2D eigenvalue weighted by Gasteiger charge is -2.66. The van der Waals surface area contributed by atoms with Crippen molar-refractivity contribution in [2.24, 2.45) is 22.7 Å². The molecule has 48 heavy (non-hydrogen) atoms. The number of aromatic nitrogens is 1. The van der Waals surface area contributed by atoms with Crippen LogP contribution in [0.1, 0.15) is 75.9 Å². The number of hydrogen-bond acceptors (Lipinski definition) is 11. The van der Waals surface area contributed by atoms with Crippen LogP contribution in [-0.2, 0) is 23.8 Å². The monoisotopic (exact) mass is 771 g/mol. The van der Waals surface area contributed by atoms with E-state index in [4.69, 9.17) is 23.4 Å². The Morgan fingerprint density at radius 2 is 1.81 bits per heavy atom. The number of fused-ring (bicyclic) bond motifs is 4. The zero-order chi connectivity index (χ0) is 34.6. The lowest BCUT2D eigenvalue weighted by molar-refractivity contribution is -0.266. The summed E-state index contributed by atoms with van der Waals surface area (Å²) < 4.78 is 31.1. The fraction of sp³-hybridized carbons (Fsp3) is 0.472. The second-order valence-electron chi connectivity index (χ2n) is 13.7. The number of aliphatic hydroxyl groups is 1. The minimum absolute atomic E-state index is 0.0292. The van der Waals surface area contributed by atoms with Crippen molar-refractivity contribution in [3.05, 3.63) is 80.0 Å². The maximum absolute atomic E-state index is 13.8. The number of pyridine rings is 1. The van der Waals surface area contributed by atoms with Crippen molar-refractivity contribution in [2.75, 3.05) is 6.61 Å². The van der Waals surface area contributed by atoms with Crippen LogP contribution < -0.4 is 10.4 Å². The highest BCUT2D eigenvalue weighted by atomic mass is 127. The Morgan fingerprint density at radius 3 is 2.48 bits per heavy atom. The topological polar surface area (TPSA) is 151 Å². The molecule has 3 aliphatic rings. The van der Waals surface area contributed by atoms with E-state index in [1.807, 2.05) is 19.9 Å². The largest absolute Gasteiger partial charge is 0.482 e. The summed E-state index contributed by atoms with van der Waals surface area (Å²) in [4.78, 5) is 56.0. The first-order valence-corrected chi connectivity index (χ1v) is 17.0. The molecule has 1 aromatic carbocycles. The molecule has 0 saturated heterocycles. The molecule has 254 valence electrons. The minimum atomic E-state index is -1.38. The van der Waals surface area contributed by atoms with Gasteiger partial charge in [-0.15, -0.1) is 0 Å². The molecule has 3 heterocycles. The molecule has 3 aromatic rings. The average molecular weight is 772 g/mol. The van der Waals surface area contributed by atoms with E-state index >= 15 is 0 Å². The highest BCUT2D eigenvalue weighted by Crippen LogP contribution is 2.67. The summed E-state index contributed by atoms with van der Waals surface area (Å²) in [5.74, 6) is -2.44. The van der Waals surface area contributed by atoms with Gasteiger partial charge in [-0.25, -0.2) is 9.59 Å². The summed E-state index contributed by atoms with van der Waals surface area (Å²) >= 11 is 2.12. The third-order valence-corrected chi connectivity index (χ3v) is 11.4. The number of ether oxygens (including phenoxy) is 4. The Labute approximate surface area is 291 Å². The fourth-order valence-corrected chi connectivity index (χ4v) is 9.19. The van der Waals surface area contributed by atoms with Crippen molar-refractivity contribution in [3.63, 3.8) is 0 Å². The molecular formula is C36H38INO10. The molecule has 6 rings (SSSR count). The van der Waals surface area contributed by atoms with Crippen molar-refractivity contribution in [1.29, 1.82) is 0 Å². The molecule has 8 atom stereocenters. The molecule has 0 unspecified atom stereocenters. The van der Waals surface area contributed by atoms with Crippen LogP contribution in [0.25, 0.3) is 11.3 Å². The first-order valence-electron chi connectivity index (χ1n) is 15.9. The highest BCUT2D eigenvalue weighted by molar-refractivity contribution is 14.1. The third-order valence-electron chi connectivity index (χ3n) is 10.7. The summed E-state index contributed by atoms with van der Waals surface area (Å²) in [6.45, 7) is 8.27. The first-order chi connectivity index (χ1) is 22.7. The number of carbonyl (C=O) groups is 3. The summed E-state index contributed by atoms with van der Waals surface area (Å²) in [7, 11) is 0. The van der Waals surface area contributed by atoms with Gasteiger partial charge in [0.2, 0.25) is 0 Å². The van der Waals surface area contributed by atoms with Gasteiger partial charge in [0, 0.05) is 52.8 Å². The smallest absolute Gasteiger partial charge is 0.345 e. The van der Waals surface area contributed by atoms with Crippen LogP contribution >= 0.6 is 22.6 Å². The number of aliphatic hydroxyl groups excluding tert-OH is 1. The number of carbonyl (C=O) groups excluding carboxylic acids is 3. The molecule has 11 nitrogen and oxygen atoms in total. The number of benzene rings is 1. The molecule has 2 fully saturated rings. The Balaban J connectivity index is 1.51. The van der Waals surface area contributed by atoms with E-state index < -0.39 is 70.1 Å². The second kappa shape index (κ2) is 12.6. The van der Waals surface area contributed by atoms with Crippen LogP contribution in [0.2, 0.25) is 0 Å². The normalized spacial score (nSPS) is 32.0. The molecule has 0 radical (unpaired) electrons. The zero-order valence-electron chi connectivity index (χ0n) is 27.4. The van der Waals surface area contributed by atoms with Gasteiger partial charge in [0.1, 0.15) is 41.5 Å². The molecule has 2 saturated carbocycles. The predicted octanol–water partition coefficient (Wildman–Crippen LogP) is 5.65. The van der Waals surface area contributed by atoms with Crippen LogP contribution in [0.4, 0.5) is 0 Å². The van der Waals surface area contributed by atoms with E-state index in [-0.39, 0.29) is 30.1 Å². The van der Waals surface area contributed by atoms with Gasteiger partial charge in [0.05, 0.1) is 11.7 Å². The van der Waals surface area contributed by atoms with Crippen LogP contribution in [0, 0.1) is 26.2 Å².